The third-order valence-electron chi connectivity index (χ3n) is 5.70. The van der Waals surface area contributed by atoms with Crippen molar-refractivity contribution in [2.75, 3.05) is 18.5 Å². The fraction of sp³-hybridized carbons (Fsp3) is 0.450. The highest BCUT2D eigenvalue weighted by molar-refractivity contribution is 5.82. The number of anilines is 1. The van der Waals surface area contributed by atoms with Gasteiger partial charge in [0, 0.05) is 24.9 Å². The Bertz CT molecular complexity index is 1040. The summed E-state index contributed by atoms with van der Waals surface area (Å²) in [4.78, 5) is 16.5. The molecule has 2 aliphatic rings. The summed E-state index contributed by atoms with van der Waals surface area (Å²) < 4.78 is 7.52. The van der Waals surface area contributed by atoms with Crippen molar-refractivity contribution in [2.24, 2.45) is 0 Å². The lowest BCUT2D eigenvalue weighted by atomic mass is 9.99. The third-order valence-corrected chi connectivity index (χ3v) is 5.70. The molecule has 4 heterocycles. The zero-order chi connectivity index (χ0) is 19.8. The quantitative estimate of drug-likeness (QED) is 0.497. The third kappa shape index (κ3) is 3.31. The number of imidazole rings is 1. The number of nitrogens with zero attached hydrogens (tertiary/aromatic N) is 4. The molecule has 1 aliphatic carbocycles. The Kier molecular flexibility index (Phi) is 4.78. The van der Waals surface area contributed by atoms with Gasteiger partial charge in [-0.05, 0) is 36.5 Å². The molecular weight excluding hydrogens is 372 g/mol. The standard InChI is InChI=1S/C20H24N6O3/c27-9-16-15(28)7-17(29-16)26-11-25-18-19(23-10-24-20(18)26)21-6-5-12-8-22-14-4-2-1-3-13(12)14/h2,4,8,10-11,15-17,22,27-28H,1,3,5-7,9H2,(H,21,23,24)/t15-,16-,17-/m1/s1. The minimum atomic E-state index is -0.705. The van der Waals surface area contributed by atoms with Crippen LogP contribution >= 0.6 is 0 Å². The first-order valence-corrected chi connectivity index (χ1v) is 9.96. The van der Waals surface area contributed by atoms with Crippen molar-refractivity contribution in [1.29, 1.82) is 0 Å². The van der Waals surface area contributed by atoms with E-state index in [0.29, 0.717) is 23.4 Å². The van der Waals surface area contributed by atoms with Gasteiger partial charge in [-0.15, -0.1) is 0 Å². The largest absolute Gasteiger partial charge is 0.394 e. The Morgan fingerprint density at radius 3 is 3.10 bits per heavy atom. The predicted octanol–water partition coefficient (Wildman–Crippen LogP) is 1.41. The summed E-state index contributed by atoms with van der Waals surface area (Å²) >= 11 is 0. The normalized spacial score (nSPS) is 23.6. The molecule has 0 saturated carbocycles. The second kappa shape index (κ2) is 7.58. The van der Waals surface area contributed by atoms with E-state index in [-0.39, 0.29) is 6.61 Å². The molecule has 0 bridgehead atoms. The van der Waals surface area contributed by atoms with Gasteiger partial charge in [0.2, 0.25) is 0 Å². The number of hydrogen-bond donors (Lipinski definition) is 4. The number of aliphatic hydroxyl groups excluding tert-OH is 2. The van der Waals surface area contributed by atoms with Crippen LogP contribution in [0.3, 0.4) is 0 Å². The van der Waals surface area contributed by atoms with Gasteiger partial charge in [0.1, 0.15) is 18.7 Å². The summed E-state index contributed by atoms with van der Waals surface area (Å²) in [5.41, 5.74) is 5.26. The van der Waals surface area contributed by atoms with Crippen LogP contribution in [0.5, 0.6) is 0 Å². The molecule has 3 aromatic rings. The van der Waals surface area contributed by atoms with Gasteiger partial charge < -0.3 is 25.3 Å². The van der Waals surface area contributed by atoms with Crippen LogP contribution in [0.2, 0.25) is 0 Å². The van der Waals surface area contributed by atoms with E-state index < -0.39 is 18.4 Å². The Balaban J connectivity index is 1.31. The number of H-pyrrole nitrogens is 1. The van der Waals surface area contributed by atoms with E-state index in [1.807, 2.05) is 0 Å². The molecule has 3 atom stereocenters. The van der Waals surface area contributed by atoms with Gasteiger partial charge in [0.05, 0.1) is 19.0 Å². The first kappa shape index (κ1) is 18.3. The zero-order valence-electron chi connectivity index (χ0n) is 16.0. The van der Waals surface area contributed by atoms with Crippen LogP contribution in [0, 0.1) is 0 Å². The van der Waals surface area contributed by atoms with Crippen LogP contribution in [-0.4, -0.2) is 60.1 Å². The van der Waals surface area contributed by atoms with E-state index in [4.69, 9.17) is 4.74 Å². The van der Waals surface area contributed by atoms with Crippen molar-refractivity contribution in [1.82, 2.24) is 24.5 Å². The minimum Gasteiger partial charge on any atom is -0.394 e. The number of allylic oxidation sites excluding steroid dienone is 1. The van der Waals surface area contributed by atoms with Crippen molar-refractivity contribution in [2.45, 2.75) is 44.1 Å². The Hall–Kier alpha value is -2.75. The van der Waals surface area contributed by atoms with Crippen LogP contribution in [0.15, 0.2) is 24.9 Å². The maximum atomic E-state index is 10.0. The maximum absolute atomic E-state index is 10.0. The van der Waals surface area contributed by atoms with Crippen LogP contribution in [0.25, 0.3) is 17.2 Å². The molecular formula is C20H24N6O3. The van der Waals surface area contributed by atoms with Gasteiger partial charge in [-0.2, -0.15) is 0 Å². The number of fused-ring (bicyclic) bond motifs is 2. The number of nitrogens with one attached hydrogen (secondary N) is 2. The smallest absolute Gasteiger partial charge is 0.167 e. The Labute approximate surface area is 167 Å². The number of hydrogen-bond acceptors (Lipinski definition) is 7. The molecule has 3 aromatic heterocycles. The first-order chi connectivity index (χ1) is 14.2. The summed E-state index contributed by atoms with van der Waals surface area (Å²) in [5, 5.41) is 22.7. The zero-order valence-corrected chi connectivity index (χ0v) is 16.0. The Morgan fingerprint density at radius 1 is 1.31 bits per heavy atom. The molecule has 9 nitrogen and oxygen atoms in total. The van der Waals surface area contributed by atoms with Crippen molar-refractivity contribution < 1.29 is 14.9 Å². The molecule has 29 heavy (non-hydrogen) atoms. The second-order valence-electron chi connectivity index (χ2n) is 7.49. The van der Waals surface area contributed by atoms with Gasteiger partial charge in [-0.1, -0.05) is 6.08 Å². The van der Waals surface area contributed by atoms with Gasteiger partial charge in [-0.3, -0.25) is 4.57 Å². The minimum absolute atomic E-state index is 0.218. The highest BCUT2D eigenvalue weighted by Crippen LogP contribution is 2.31. The molecule has 1 fully saturated rings. The van der Waals surface area contributed by atoms with E-state index in [0.717, 1.165) is 25.8 Å². The number of aromatic amines is 1. The second-order valence-corrected chi connectivity index (χ2v) is 7.49. The van der Waals surface area contributed by atoms with Gasteiger partial charge in [0.25, 0.3) is 0 Å². The molecule has 0 spiro atoms. The highest BCUT2D eigenvalue weighted by Gasteiger charge is 2.35. The van der Waals surface area contributed by atoms with Crippen LogP contribution in [0.1, 0.15) is 35.9 Å². The SMILES string of the molecule is OC[C@H]1O[C@@H](n2cnc3c(NCCc4c[nH]c5c4CCC=C5)ncnc32)C[C@H]1O. The molecule has 0 radical (unpaired) electrons. The average Bonchev–Trinajstić information content (AvgIpc) is 3.45. The number of rotatable bonds is 6. The van der Waals surface area contributed by atoms with Crippen molar-refractivity contribution >= 4 is 23.1 Å². The van der Waals surface area contributed by atoms with E-state index in [9.17, 15) is 10.2 Å². The van der Waals surface area contributed by atoms with E-state index in [1.54, 1.807) is 10.9 Å². The molecule has 0 amide bonds. The topological polar surface area (TPSA) is 121 Å². The lowest BCUT2D eigenvalue weighted by Gasteiger charge is -2.13. The monoisotopic (exact) mass is 396 g/mol. The molecule has 1 saturated heterocycles. The van der Waals surface area contributed by atoms with Crippen LogP contribution < -0.4 is 5.32 Å². The van der Waals surface area contributed by atoms with E-state index in [1.165, 1.54) is 23.1 Å². The predicted molar refractivity (Wildman–Crippen MR) is 107 cm³/mol. The number of aliphatic hydroxyl groups is 2. The number of ether oxygens (including phenoxy) is 1. The van der Waals surface area contributed by atoms with Gasteiger partial charge >= 0.3 is 0 Å². The summed E-state index contributed by atoms with van der Waals surface area (Å²) in [7, 11) is 0. The molecule has 9 heteroatoms. The lowest BCUT2D eigenvalue weighted by Crippen LogP contribution is -2.24. The summed E-state index contributed by atoms with van der Waals surface area (Å²) in [6.07, 6.45) is 11.3. The van der Waals surface area contributed by atoms with Crippen molar-refractivity contribution in [3.05, 3.63) is 41.7 Å². The average molecular weight is 396 g/mol. The fourth-order valence-corrected chi connectivity index (χ4v) is 4.17. The molecule has 0 unspecified atom stereocenters. The molecule has 4 N–H and O–H groups in total. The summed E-state index contributed by atoms with van der Waals surface area (Å²) in [6.45, 7) is 0.517. The van der Waals surface area contributed by atoms with Crippen molar-refractivity contribution in [3.8, 4) is 0 Å². The van der Waals surface area contributed by atoms with Crippen molar-refractivity contribution in [3.63, 3.8) is 0 Å². The fourth-order valence-electron chi connectivity index (χ4n) is 4.17. The van der Waals surface area contributed by atoms with E-state index >= 15 is 0 Å². The maximum Gasteiger partial charge on any atom is 0.167 e. The Morgan fingerprint density at radius 2 is 2.24 bits per heavy atom. The lowest BCUT2D eigenvalue weighted by molar-refractivity contribution is -0.0432. The molecule has 1 aliphatic heterocycles. The summed E-state index contributed by atoms with van der Waals surface area (Å²) in [6, 6.07) is 0. The van der Waals surface area contributed by atoms with Crippen LogP contribution in [-0.2, 0) is 17.6 Å². The number of aromatic nitrogens is 5. The van der Waals surface area contributed by atoms with E-state index in [2.05, 4.69) is 43.6 Å². The highest BCUT2D eigenvalue weighted by atomic mass is 16.5. The first-order valence-electron chi connectivity index (χ1n) is 9.96. The molecule has 5 rings (SSSR count). The summed E-state index contributed by atoms with van der Waals surface area (Å²) in [5.74, 6) is 0.676. The van der Waals surface area contributed by atoms with Crippen LogP contribution in [0.4, 0.5) is 5.82 Å². The van der Waals surface area contributed by atoms with Gasteiger partial charge in [0.15, 0.2) is 17.0 Å². The molecule has 152 valence electrons. The molecule has 0 aromatic carbocycles. The van der Waals surface area contributed by atoms with Gasteiger partial charge in [-0.25, -0.2) is 15.0 Å².